The van der Waals surface area contributed by atoms with Crippen molar-refractivity contribution in [2.24, 2.45) is 5.10 Å². The number of halogens is 1. The minimum absolute atomic E-state index is 0.361. The Labute approximate surface area is 187 Å². The molecule has 2 N–H and O–H groups in total. The molecule has 0 spiro atoms. The molecule has 0 bridgehead atoms. The van der Waals surface area contributed by atoms with Crippen LogP contribution in [-0.2, 0) is 9.59 Å². The van der Waals surface area contributed by atoms with Crippen LogP contribution in [0.5, 0.6) is 11.5 Å². The molecule has 0 aliphatic carbocycles. The Morgan fingerprint density at radius 1 is 1.13 bits per heavy atom. The highest BCUT2D eigenvalue weighted by atomic mass is 79.9. The molecule has 31 heavy (non-hydrogen) atoms. The zero-order valence-electron chi connectivity index (χ0n) is 16.7. The van der Waals surface area contributed by atoms with Crippen molar-refractivity contribution in [1.82, 2.24) is 5.43 Å². The predicted octanol–water partition coefficient (Wildman–Crippen LogP) is 4.37. The molecular weight excluding hydrogens is 464 g/mol. The molecular formula is C23H21BrN2O5. The van der Waals surface area contributed by atoms with Gasteiger partial charge >= 0.3 is 5.97 Å². The Hall–Kier alpha value is -3.39. The summed E-state index contributed by atoms with van der Waals surface area (Å²) in [5, 5.41) is 14.7. The van der Waals surface area contributed by atoms with E-state index in [1.54, 1.807) is 24.3 Å². The monoisotopic (exact) mass is 484 g/mol. The molecule has 0 heterocycles. The maximum atomic E-state index is 12.5. The lowest BCUT2D eigenvalue weighted by molar-refractivity contribution is -0.139. The van der Waals surface area contributed by atoms with Crippen LogP contribution in [-0.4, -0.2) is 35.9 Å². The van der Waals surface area contributed by atoms with Gasteiger partial charge in [0.1, 0.15) is 11.5 Å². The molecule has 0 aliphatic rings. The Kier molecular flexibility index (Phi) is 7.61. The fraction of sp³-hybridized carbons (Fsp3) is 0.174. The summed E-state index contributed by atoms with van der Waals surface area (Å²) in [7, 11) is 0. The predicted molar refractivity (Wildman–Crippen MR) is 122 cm³/mol. The van der Waals surface area contributed by atoms with Gasteiger partial charge in [0, 0.05) is 0 Å². The third-order valence-electron chi connectivity index (χ3n) is 4.39. The lowest BCUT2D eigenvalue weighted by Crippen LogP contribution is -2.35. The van der Waals surface area contributed by atoms with Gasteiger partial charge < -0.3 is 14.6 Å². The van der Waals surface area contributed by atoms with Gasteiger partial charge in [0.2, 0.25) is 0 Å². The molecule has 0 saturated carbocycles. The second-order valence-corrected chi connectivity index (χ2v) is 7.39. The fourth-order valence-corrected chi connectivity index (χ4v) is 3.40. The van der Waals surface area contributed by atoms with Gasteiger partial charge in [-0.3, -0.25) is 4.79 Å². The molecule has 1 amide bonds. The summed E-state index contributed by atoms with van der Waals surface area (Å²) in [4.78, 5) is 23.0. The Morgan fingerprint density at radius 2 is 1.87 bits per heavy atom. The third kappa shape index (κ3) is 6.05. The number of ether oxygens (including phenoxy) is 2. The number of amides is 1. The Balaban J connectivity index is 1.60. The number of rotatable bonds is 9. The first-order chi connectivity index (χ1) is 15.0. The molecule has 0 radical (unpaired) electrons. The third-order valence-corrected chi connectivity index (χ3v) is 5.21. The van der Waals surface area contributed by atoms with Crippen LogP contribution in [0.15, 0.2) is 70.2 Å². The number of hydrogen-bond acceptors (Lipinski definition) is 5. The molecule has 0 aromatic heterocycles. The quantitative estimate of drug-likeness (QED) is 0.347. The molecule has 0 unspecified atom stereocenters. The van der Waals surface area contributed by atoms with Gasteiger partial charge in [0.05, 0.1) is 10.7 Å². The van der Waals surface area contributed by atoms with E-state index >= 15 is 0 Å². The van der Waals surface area contributed by atoms with Gasteiger partial charge in [-0.05, 0) is 69.0 Å². The van der Waals surface area contributed by atoms with Crippen LogP contribution < -0.4 is 14.9 Å². The summed E-state index contributed by atoms with van der Waals surface area (Å²) < 4.78 is 11.8. The van der Waals surface area contributed by atoms with Gasteiger partial charge in [-0.1, -0.05) is 37.3 Å². The van der Waals surface area contributed by atoms with E-state index in [4.69, 9.17) is 14.6 Å². The first-order valence-corrected chi connectivity index (χ1v) is 10.4. The summed E-state index contributed by atoms with van der Waals surface area (Å²) in [6.45, 7) is 1.45. The highest BCUT2D eigenvalue weighted by Crippen LogP contribution is 2.33. The zero-order chi connectivity index (χ0) is 22.2. The van der Waals surface area contributed by atoms with Crippen molar-refractivity contribution in [3.8, 4) is 11.5 Å². The van der Waals surface area contributed by atoms with Crippen LogP contribution in [0.4, 0.5) is 0 Å². The molecule has 3 rings (SSSR count). The summed E-state index contributed by atoms with van der Waals surface area (Å²) >= 11 is 3.57. The largest absolute Gasteiger partial charge is 0.482 e. The van der Waals surface area contributed by atoms with Gasteiger partial charge in [0.25, 0.3) is 5.91 Å². The van der Waals surface area contributed by atoms with E-state index in [0.717, 1.165) is 15.2 Å². The number of hydrogen-bond donors (Lipinski definition) is 2. The van der Waals surface area contributed by atoms with Crippen molar-refractivity contribution < 1.29 is 24.2 Å². The van der Waals surface area contributed by atoms with E-state index in [1.165, 1.54) is 6.21 Å². The topological polar surface area (TPSA) is 97.2 Å². The van der Waals surface area contributed by atoms with Crippen molar-refractivity contribution in [2.45, 2.75) is 19.4 Å². The van der Waals surface area contributed by atoms with Crippen molar-refractivity contribution in [3.63, 3.8) is 0 Å². The first kappa shape index (κ1) is 22.3. The number of fused-ring (bicyclic) bond motifs is 1. The van der Waals surface area contributed by atoms with E-state index in [2.05, 4.69) is 26.5 Å². The van der Waals surface area contributed by atoms with E-state index < -0.39 is 18.7 Å². The van der Waals surface area contributed by atoms with Gasteiger partial charge in [-0.15, -0.1) is 0 Å². The molecule has 7 nitrogen and oxygen atoms in total. The van der Waals surface area contributed by atoms with Gasteiger partial charge in [-0.2, -0.15) is 5.10 Å². The number of aliphatic carboxylic acids is 1. The maximum Gasteiger partial charge on any atom is 0.341 e. The van der Waals surface area contributed by atoms with E-state index in [0.29, 0.717) is 23.5 Å². The van der Waals surface area contributed by atoms with Crippen LogP contribution in [0.2, 0.25) is 0 Å². The van der Waals surface area contributed by atoms with E-state index in [-0.39, 0.29) is 5.91 Å². The number of hydrazone groups is 1. The minimum atomic E-state index is -1.04. The number of carbonyl (C=O) groups excluding carboxylic acids is 1. The zero-order valence-corrected chi connectivity index (χ0v) is 18.3. The standard InChI is InChI=1S/C23H21BrN2O5/c1-2-19(31-20-12-9-16-5-3-4-6-18(16)22(20)24)23(29)26-25-13-15-7-10-17(11-8-15)30-14-21(27)28/h3-13,19H,2,14H2,1H3,(H,26,29)(H,27,28)/b25-13-/t19-/m1/s1. The summed E-state index contributed by atoms with van der Waals surface area (Å²) in [6, 6.07) is 18.3. The molecule has 0 aliphatic heterocycles. The van der Waals surface area contributed by atoms with Crippen LogP contribution in [0.3, 0.4) is 0 Å². The summed E-state index contributed by atoms with van der Waals surface area (Å²) in [5.74, 6) is -0.386. The van der Waals surface area contributed by atoms with Crippen molar-refractivity contribution in [1.29, 1.82) is 0 Å². The molecule has 0 fully saturated rings. The second kappa shape index (κ2) is 10.6. The van der Waals surface area contributed by atoms with Crippen LogP contribution in [0, 0.1) is 0 Å². The Bertz CT molecular complexity index is 1100. The van der Waals surface area contributed by atoms with Gasteiger partial charge in [0.15, 0.2) is 12.7 Å². The smallest absolute Gasteiger partial charge is 0.341 e. The lowest BCUT2D eigenvalue weighted by atomic mass is 10.1. The summed E-state index contributed by atoms with van der Waals surface area (Å²) in [5.41, 5.74) is 3.21. The number of benzene rings is 3. The average molecular weight is 485 g/mol. The number of carboxylic acid groups (broad SMARTS) is 1. The summed E-state index contributed by atoms with van der Waals surface area (Å²) in [6.07, 6.45) is 1.25. The molecule has 3 aromatic carbocycles. The van der Waals surface area contributed by atoms with E-state index in [9.17, 15) is 9.59 Å². The van der Waals surface area contributed by atoms with Crippen LogP contribution in [0.25, 0.3) is 10.8 Å². The highest BCUT2D eigenvalue weighted by molar-refractivity contribution is 9.10. The molecule has 1 atom stereocenters. The van der Waals surface area contributed by atoms with E-state index in [1.807, 2.05) is 43.3 Å². The SMILES string of the molecule is CC[C@@H](Oc1ccc2ccccc2c1Br)C(=O)N/N=C\c1ccc(OCC(=O)O)cc1. The van der Waals surface area contributed by atoms with Crippen molar-refractivity contribution in [3.05, 3.63) is 70.7 Å². The minimum Gasteiger partial charge on any atom is -0.482 e. The first-order valence-electron chi connectivity index (χ1n) is 9.59. The number of carboxylic acids is 1. The highest BCUT2D eigenvalue weighted by Gasteiger charge is 2.19. The number of nitrogens with one attached hydrogen (secondary N) is 1. The second-order valence-electron chi connectivity index (χ2n) is 6.60. The Morgan fingerprint density at radius 3 is 2.58 bits per heavy atom. The van der Waals surface area contributed by atoms with Crippen molar-refractivity contribution in [2.75, 3.05) is 6.61 Å². The number of nitrogens with zero attached hydrogens (tertiary/aromatic N) is 1. The maximum absolute atomic E-state index is 12.5. The van der Waals surface area contributed by atoms with Gasteiger partial charge in [-0.25, -0.2) is 10.2 Å². The number of carbonyl (C=O) groups is 2. The normalized spacial score (nSPS) is 11.9. The molecule has 0 saturated heterocycles. The lowest BCUT2D eigenvalue weighted by Gasteiger charge is -2.17. The molecule has 3 aromatic rings. The van der Waals surface area contributed by atoms with Crippen LogP contribution >= 0.6 is 15.9 Å². The molecule has 8 heteroatoms. The van der Waals surface area contributed by atoms with Crippen molar-refractivity contribution >= 4 is 44.8 Å². The fourth-order valence-electron chi connectivity index (χ4n) is 2.82. The molecule has 160 valence electrons. The average Bonchev–Trinajstić information content (AvgIpc) is 2.78. The van der Waals surface area contributed by atoms with Crippen LogP contribution in [0.1, 0.15) is 18.9 Å².